The maximum absolute atomic E-state index is 13.6. The van der Waals surface area contributed by atoms with Crippen LogP contribution in [0.4, 0.5) is 5.69 Å². The quantitative estimate of drug-likeness (QED) is 0.376. The Morgan fingerprint density at radius 1 is 1.18 bits per heavy atom. The van der Waals surface area contributed by atoms with Crippen molar-refractivity contribution in [2.75, 3.05) is 24.6 Å². The maximum atomic E-state index is 13.6. The van der Waals surface area contributed by atoms with Crippen LogP contribution in [0.2, 0.25) is 5.02 Å². The predicted molar refractivity (Wildman–Crippen MR) is 175 cm³/mol. The number of ether oxygens (including phenoxy) is 1. The number of aryl methyl sites for hydroxylation is 1. The summed E-state index contributed by atoms with van der Waals surface area (Å²) in [6.45, 7) is 5.87. The standard InChI is InChI=1S/C35H45ClN2O5S/c1-3-4-10-33-23(2)7-5-9-31(39)28-14-11-26(28)20-38-21-35(17-6-8-24-18-27(36)13-15-29(24)35)22-43-32-16-12-25(19-30(32)38)34(40)37-44(33,41)42/h5,9,12-13,15-16,18-19,23,26,28,31,33,39H,3-4,6-8,10-11,14,17,20-22H2,1-2H3,(H,37,40)/b9-5+/t23-,26+,28-,31?,33+,35+/m1/s1. The number of amides is 1. The third-order valence-electron chi connectivity index (χ3n) is 10.6. The molecule has 0 saturated heterocycles. The molecule has 2 aromatic carbocycles. The highest BCUT2D eigenvalue weighted by molar-refractivity contribution is 7.90. The van der Waals surface area contributed by atoms with E-state index in [0.29, 0.717) is 37.3 Å². The molecule has 44 heavy (non-hydrogen) atoms. The molecule has 238 valence electrons. The average Bonchev–Trinajstić information content (AvgIpc) is 3.11. The summed E-state index contributed by atoms with van der Waals surface area (Å²) in [5.74, 6) is 0.278. The van der Waals surface area contributed by atoms with E-state index in [2.05, 4.69) is 21.8 Å². The van der Waals surface area contributed by atoms with Crippen molar-refractivity contribution in [3.8, 4) is 5.75 Å². The van der Waals surface area contributed by atoms with Gasteiger partial charge < -0.3 is 14.7 Å². The zero-order valence-electron chi connectivity index (χ0n) is 25.8. The molecule has 2 aliphatic heterocycles. The summed E-state index contributed by atoms with van der Waals surface area (Å²) in [5.41, 5.74) is 3.35. The van der Waals surface area contributed by atoms with Crippen LogP contribution in [0.15, 0.2) is 48.6 Å². The molecule has 2 heterocycles. The molecule has 6 rings (SSSR count). The normalized spacial score (nSPS) is 32.3. The minimum absolute atomic E-state index is 0.126. The van der Waals surface area contributed by atoms with Gasteiger partial charge in [0.25, 0.3) is 5.91 Å². The summed E-state index contributed by atoms with van der Waals surface area (Å²) >= 11 is 6.40. The second kappa shape index (κ2) is 12.7. The summed E-state index contributed by atoms with van der Waals surface area (Å²) in [7, 11) is -3.94. The number of benzene rings is 2. The molecule has 0 radical (unpaired) electrons. The van der Waals surface area contributed by atoms with Crippen molar-refractivity contribution in [1.82, 2.24) is 4.72 Å². The molecule has 9 heteroatoms. The first kappa shape index (κ1) is 31.4. The summed E-state index contributed by atoms with van der Waals surface area (Å²) in [6.07, 6.45) is 10.8. The van der Waals surface area contributed by atoms with E-state index in [1.165, 1.54) is 11.1 Å². The van der Waals surface area contributed by atoms with Gasteiger partial charge >= 0.3 is 0 Å². The van der Waals surface area contributed by atoms with E-state index in [9.17, 15) is 18.3 Å². The third kappa shape index (κ3) is 6.14. The van der Waals surface area contributed by atoms with Crippen LogP contribution >= 0.6 is 11.6 Å². The minimum Gasteiger partial charge on any atom is -0.490 e. The molecule has 0 aromatic heterocycles. The molecule has 2 N–H and O–H groups in total. The van der Waals surface area contributed by atoms with Crippen molar-refractivity contribution in [3.63, 3.8) is 0 Å². The topological polar surface area (TPSA) is 95.9 Å². The van der Waals surface area contributed by atoms with Gasteiger partial charge in [-0.05, 0) is 104 Å². The lowest BCUT2D eigenvalue weighted by molar-refractivity contribution is 0.0455. The number of carbonyl (C=O) groups is 1. The van der Waals surface area contributed by atoms with Crippen LogP contribution in [-0.2, 0) is 21.9 Å². The van der Waals surface area contributed by atoms with E-state index in [4.69, 9.17) is 16.3 Å². The number of allylic oxidation sites excluding steroid dienone is 1. The summed E-state index contributed by atoms with van der Waals surface area (Å²) in [5, 5.41) is 11.3. The fraction of sp³-hybridized carbons (Fsp3) is 0.571. The number of hydrogen-bond donors (Lipinski definition) is 2. The fourth-order valence-corrected chi connectivity index (χ4v) is 9.87. The van der Waals surface area contributed by atoms with E-state index >= 15 is 0 Å². The molecule has 4 aliphatic rings. The van der Waals surface area contributed by atoms with Crippen molar-refractivity contribution in [1.29, 1.82) is 0 Å². The SMILES string of the molecule is CCCC[C@H]1[C@H](C)C/C=C/C(O)[C@@H]2CC[C@H]2CN2C[C@@]3(CCCc4cc(Cl)ccc43)COc3ccc(cc32)C(=O)NS1(=O)=O. The monoisotopic (exact) mass is 640 g/mol. The lowest BCUT2D eigenvalue weighted by Crippen LogP contribution is -2.49. The molecule has 1 spiro atoms. The van der Waals surface area contributed by atoms with Crippen LogP contribution in [0, 0.1) is 17.8 Å². The molecular weight excluding hydrogens is 596 g/mol. The number of rotatable bonds is 3. The fourth-order valence-electron chi connectivity index (χ4n) is 7.95. The van der Waals surface area contributed by atoms with Crippen LogP contribution < -0.4 is 14.4 Å². The predicted octanol–water partition coefficient (Wildman–Crippen LogP) is 6.41. The summed E-state index contributed by atoms with van der Waals surface area (Å²) < 4.78 is 36.2. The van der Waals surface area contributed by atoms with Crippen LogP contribution in [0.5, 0.6) is 5.75 Å². The van der Waals surface area contributed by atoms with Gasteiger partial charge in [-0.1, -0.05) is 56.5 Å². The molecule has 1 saturated carbocycles. The molecule has 2 aromatic rings. The summed E-state index contributed by atoms with van der Waals surface area (Å²) in [4.78, 5) is 15.9. The number of fused-ring (bicyclic) bond motifs is 4. The van der Waals surface area contributed by atoms with Crippen molar-refractivity contribution in [2.24, 2.45) is 17.8 Å². The first-order chi connectivity index (χ1) is 21.1. The average molecular weight is 641 g/mol. The van der Waals surface area contributed by atoms with Gasteiger partial charge in [0.2, 0.25) is 10.0 Å². The first-order valence-electron chi connectivity index (χ1n) is 16.3. The lowest BCUT2D eigenvalue weighted by Gasteiger charge is -2.45. The molecule has 1 unspecified atom stereocenters. The van der Waals surface area contributed by atoms with Crippen molar-refractivity contribution < 1.29 is 23.1 Å². The number of hydrogen-bond acceptors (Lipinski definition) is 6. The van der Waals surface area contributed by atoms with Crippen molar-refractivity contribution in [3.05, 3.63) is 70.3 Å². The highest BCUT2D eigenvalue weighted by atomic mass is 35.5. The van der Waals surface area contributed by atoms with E-state index in [1.807, 2.05) is 38.1 Å². The Hall–Kier alpha value is -2.55. The van der Waals surface area contributed by atoms with Gasteiger partial charge in [0.15, 0.2) is 0 Å². The molecule has 1 fully saturated rings. The molecule has 2 aliphatic carbocycles. The number of anilines is 1. The third-order valence-corrected chi connectivity index (χ3v) is 12.8. The van der Waals surface area contributed by atoms with Gasteiger partial charge in [0.05, 0.1) is 23.6 Å². The van der Waals surface area contributed by atoms with Gasteiger partial charge in [-0.25, -0.2) is 13.1 Å². The van der Waals surface area contributed by atoms with E-state index in [0.717, 1.165) is 62.2 Å². The van der Waals surface area contributed by atoms with Crippen LogP contribution in [-0.4, -0.2) is 50.5 Å². The molecular formula is C35H45ClN2O5S. The Morgan fingerprint density at radius 3 is 2.80 bits per heavy atom. The number of sulfonamides is 1. The zero-order valence-corrected chi connectivity index (χ0v) is 27.4. The molecule has 2 bridgehead atoms. The number of nitrogens with one attached hydrogen (secondary N) is 1. The minimum atomic E-state index is -3.94. The lowest BCUT2D eigenvalue weighted by atomic mass is 9.68. The number of aliphatic hydroxyl groups is 1. The van der Waals surface area contributed by atoms with Crippen molar-refractivity contribution >= 4 is 33.2 Å². The van der Waals surface area contributed by atoms with E-state index in [-0.39, 0.29) is 23.2 Å². The number of nitrogens with zero attached hydrogens (tertiary/aromatic N) is 1. The van der Waals surface area contributed by atoms with E-state index in [1.54, 1.807) is 12.1 Å². The Kier molecular flexibility index (Phi) is 9.06. The number of carbonyl (C=O) groups excluding carboxylic acids is 1. The molecule has 6 atom stereocenters. The number of unbranched alkanes of at least 4 members (excludes halogenated alkanes) is 1. The van der Waals surface area contributed by atoms with Crippen LogP contribution in [0.3, 0.4) is 0 Å². The first-order valence-corrected chi connectivity index (χ1v) is 18.2. The smallest absolute Gasteiger partial charge is 0.264 e. The second-order valence-electron chi connectivity index (χ2n) is 13.6. The highest BCUT2D eigenvalue weighted by Crippen LogP contribution is 2.46. The zero-order chi connectivity index (χ0) is 31.1. The van der Waals surface area contributed by atoms with Gasteiger partial charge in [-0.2, -0.15) is 0 Å². The van der Waals surface area contributed by atoms with Crippen LogP contribution in [0.1, 0.15) is 86.7 Å². The maximum Gasteiger partial charge on any atom is 0.264 e. The van der Waals surface area contributed by atoms with Crippen LogP contribution in [0.25, 0.3) is 0 Å². The van der Waals surface area contributed by atoms with Gasteiger partial charge in [-0.3, -0.25) is 4.79 Å². The number of halogens is 1. The number of aliphatic hydroxyl groups excluding tert-OH is 1. The Balaban J connectivity index is 1.41. The Labute approximate surface area is 267 Å². The van der Waals surface area contributed by atoms with Gasteiger partial charge in [0, 0.05) is 29.1 Å². The largest absolute Gasteiger partial charge is 0.490 e. The molecule has 7 nitrogen and oxygen atoms in total. The van der Waals surface area contributed by atoms with Gasteiger partial charge in [0.1, 0.15) is 5.75 Å². The second-order valence-corrected chi connectivity index (χ2v) is 15.9. The van der Waals surface area contributed by atoms with Gasteiger partial charge in [-0.15, -0.1) is 0 Å². The Morgan fingerprint density at radius 2 is 2.02 bits per heavy atom. The highest BCUT2D eigenvalue weighted by Gasteiger charge is 2.44. The van der Waals surface area contributed by atoms with E-state index < -0.39 is 27.3 Å². The Bertz CT molecular complexity index is 1530. The molecule has 1 amide bonds. The summed E-state index contributed by atoms with van der Waals surface area (Å²) in [6, 6.07) is 11.5. The van der Waals surface area contributed by atoms with Crippen molar-refractivity contribution in [2.45, 2.75) is 88.4 Å².